The number of halogens is 3. The van der Waals surface area contributed by atoms with Gasteiger partial charge in [0.2, 0.25) is 0 Å². The van der Waals surface area contributed by atoms with Crippen LogP contribution in [0, 0.1) is 0 Å². The molecule has 0 aromatic heterocycles. The van der Waals surface area contributed by atoms with Crippen LogP contribution in [0.25, 0.3) is 16.8 Å². The van der Waals surface area contributed by atoms with Crippen LogP contribution in [0.3, 0.4) is 0 Å². The highest BCUT2D eigenvalue weighted by Gasteiger charge is 2.30. The molecule has 174 valence electrons. The number of rotatable bonds is 5. The molecule has 3 aromatic rings. The Morgan fingerprint density at radius 3 is 2.36 bits per heavy atom. The summed E-state index contributed by atoms with van der Waals surface area (Å²) in [7, 11) is 0. The molecule has 0 saturated heterocycles. The van der Waals surface area contributed by atoms with Crippen molar-refractivity contribution >= 4 is 22.9 Å². The molecule has 0 unspecified atom stereocenters. The minimum absolute atomic E-state index is 0.176. The fourth-order valence-electron chi connectivity index (χ4n) is 3.61. The quantitative estimate of drug-likeness (QED) is 0.392. The van der Waals surface area contributed by atoms with Gasteiger partial charge in [-0.3, -0.25) is 4.90 Å². The van der Waals surface area contributed by atoms with Gasteiger partial charge >= 0.3 is 12.3 Å². The Morgan fingerprint density at radius 1 is 1.00 bits per heavy atom. The molecule has 1 amide bonds. The summed E-state index contributed by atoms with van der Waals surface area (Å²) in [4.78, 5) is 14.6. The number of hydrogen-bond donors (Lipinski definition) is 0. The molecule has 1 atom stereocenters. The second-order valence-electron chi connectivity index (χ2n) is 8.90. The van der Waals surface area contributed by atoms with Crippen molar-refractivity contribution in [3.63, 3.8) is 0 Å². The average molecular weight is 456 g/mol. The van der Waals surface area contributed by atoms with Gasteiger partial charge in [-0.25, -0.2) is 4.79 Å². The molecule has 0 spiro atoms. The molecule has 33 heavy (non-hydrogen) atoms. The van der Waals surface area contributed by atoms with E-state index in [1.54, 1.807) is 43.9 Å². The molecule has 0 radical (unpaired) electrons. The van der Waals surface area contributed by atoms with Crippen LogP contribution in [0.5, 0.6) is 0 Å². The topological polar surface area (TPSA) is 29.5 Å². The molecule has 6 heteroatoms. The zero-order valence-corrected chi connectivity index (χ0v) is 19.2. The first-order chi connectivity index (χ1) is 15.5. The van der Waals surface area contributed by atoms with Crippen LogP contribution in [-0.4, -0.2) is 23.1 Å². The van der Waals surface area contributed by atoms with Crippen LogP contribution < -0.4 is 0 Å². The molecule has 3 aromatic carbocycles. The maximum atomic E-state index is 13.1. The maximum Gasteiger partial charge on any atom is 0.416 e. The lowest BCUT2D eigenvalue weighted by molar-refractivity contribution is -0.137. The summed E-state index contributed by atoms with van der Waals surface area (Å²) in [6.45, 7) is 7.48. The molecular formula is C27H28F3NO2. The Bertz CT molecular complexity index is 1140. The van der Waals surface area contributed by atoms with E-state index in [1.165, 1.54) is 6.07 Å². The van der Waals surface area contributed by atoms with Crippen molar-refractivity contribution in [2.75, 3.05) is 6.54 Å². The van der Waals surface area contributed by atoms with Gasteiger partial charge in [-0.2, -0.15) is 13.2 Å². The lowest BCUT2D eigenvalue weighted by Crippen LogP contribution is -2.38. The SMILES string of the molecule is C[C@H](c1cccc2ccccc12)N(C/C=C/c1cccc(C(F)(F)F)c1)C(=O)OC(C)(C)C. The van der Waals surface area contributed by atoms with Crippen LogP contribution in [-0.2, 0) is 10.9 Å². The number of amides is 1. The molecule has 0 saturated carbocycles. The molecule has 3 rings (SSSR count). The first-order valence-corrected chi connectivity index (χ1v) is 10.8. The van der Waals surface area contributed by atoms with Crippen molar-refractivity contribution in [3.05, 3.63) is 89.5 Å². The third-order valence-corrected chi connectivity index (χ3v) is 5.20. The molecule has 0 aliphatic heterocycles. The zero-order chi connectivity index (χ0) is 24.2. The highest BCUT2D eigenvalue weighted by molar-refractivity contribution is 5.86. The van der Waals surface area contributed by atoms with Crippen LogP contribution in [0.2, 0.25) is 0 Å². The second kappa shape index (κ2) is 9.69. The lowest BCUT2D eigenvalue weighted by atomic mass is 9.99. The molecule has 0 N–H and O–H groups in total. The first-order valence-electron chi connectivity index (χ1n) is 10.8. The van der Waals surface area contributed by atoms with Gasteiger partial charge in [0.1, 0.15) is 5.60 Å². The highest BCUT2D eigenvalue weighted by Crippen LogP contribution is 2.31. The predicted octanol–water partition coefficient (Wildman–Crippen LogP) is 7.87. The van der Waals surface area contributed by atoms with E-state index < -0.39 is 23.4 Å². The van der Waals surface area contributed by atoms with Gasteiger partial charge in [0.05, 0.1) is 11.6 Å². The summed E-state index contributed by atoms with van der Waals surface area (Å²) in [5.74, 6) is 0. The standard InChI is InChI=1S/C27H28F3NO2/c1-19(23-16-8-13-21-12-5-6-15-24(21)23)31(25(32)33-26(2,3)4)17-9-11-20-10-7-14-22(18-20)27(28,29)30/h5-16,18-19H,17H2,1-4H3/b11-9+/t19-/m1/s1. The highest BCUT2D eigenvalue weighted by atomic mass is 19.4. The van der Waals surface area contributed by atoms with E-state index in [2.05, 4.69) is 0 Å². The molecule has 0 fully saturated rings. The molecule has 0 bridgehead atoms. The van der Waals surface area contributed by atoms with E-state index in [0.29, 0.717) is 5.56 Å². The van der Waals surface area contributed by atoms with Crippen LogP contribution in [0.4, 0.5) is 18.0 Å². The summed E-state index contributed by atoms with van der Waals surface area (Å²) >= 11 is 0. The minimum atomic E-state index is -4.41. The molecule has 3 nitrogen and oxygen atoms in total. The van der Waals surface area contributed by atoms with Crippen molar-refractivity contribution in [3.8, 4) is 0 Å². The van der Waals surface area contributed by atoms with E-state index in [-0.39, 0.29) is 12.6 Å². The van der Waals surface area contributed by atoms with Gasteiger partial charge in [0.15, 0.2) is 0 Å². The zero-order valence-electron chi connectivity index (χ0n) is 19.2. The Balaban J connectivity index is 1.90. The monoisotopic (exact) mass is 455 g/mol. The second-order valence-corrected chi connectivity index (χ2v) is 8.90. The Hall–Kier alpha value is -3.28. The number of hydrogen-bond acceptors (Lipinski definition) is 2. The lowest BCUT2D eigenvalue weighted by Gasteiger charge is -2.32. The number of benzene rings is 3. The van der Waals surface area contributed by atoms with Crippen LogP contribution >= 0.6 is 0 Å². The Labute approximate surface area is 192 Å². The third-order valence-electron chi connectivity index (χ3n) is 5.20. The molecule has 0 aliphatic carbocycles. The summed E-state index contributed by atoms with van der Waals surface area (Å²) < 4.78 is 44.7. The van der Waals surface area contributed by atoms with Crippen molar-refractivity contribution in [1.82, 2.24) is 4.90 Å². The number of carbonyl (C=O) groups is 1. The first kappa shape index (κ1) is 24.4. The van der Waals surface area contributed by atoms with Gasteiger partial charge in [-0.15, -0.1) is 0 Å². The largest absolute Gasteiger partial charge is 0.444 e. The minimum Gasteiger partial charge on any atom is -0.444 e. The van der Waals surface area contributed by atoms with E-state index in [1.807, 2.05) is 49.4 Å². The van der Waals surface area contributed by atoms with Crippen molar-refractivity contribution < 1.29 is 22.7 Å². The van der Waals surface area contributed by atoms with Crippen LogP contribution in [0.1, 0.15) is 50.4 Å². The fourth-order valence-corrected chi connectivity index (χ4v) is 3.61. The average Bonchev–Trinajstić information content (AvgIpc) is 2.74. The van der Waals surface area contributed by atoms with Gasteiger partial charge < -0.3 is 4.74 Å². The van der Waals surface area contributed by atoms with E-state index in [0.717, 1.165) is 28.5 Å². The van der Waals surface area contributed by atoms with Gasteiger partial charge in [0.25, 0.3) is 0 Å². The van der Waals surface area contributed by atoms with Gasteiger partial charge in [-0.1, -0.05) is 66.7 Å². The molecule has 0 heterocycles. The van der Waals surface area contributed by atoms with E-state index in [9.17, 15) is 18.0 Å². The number of alkyl halides is 3. The van der Waals surface area contributed by atoms with Gasteiger partial charge in [0, 0.05) is 6.54 Å². The fraction of sp³-hybridized carbons (Fsp3) is 0.296. The predicted molar refractivity (Wildman–Crippen MR) is 126 cm³/mol. The summed E-state index contributed by atoms with van der Waals surface area (Å²) in [6.07, 6.45) is -1.63. The maximum absolute atomic E-state index is 13.1. The Kier molecular flexibility index (Phi) is 7.15. The number of ether oxygens (including phenoxy) is 1. The van der Waals surface area contributed by atoms with Gasteiger partial charge in [-0.05, 0) is 61.7 Å². The normalized spacial score (nSPS) is 13.3. The van der Waals surface area contributed by atoms with Crippen LogP contribution in [0.15, 0.2) is 72.8 Å². The molecule has 0 aliphatic rings. The third kappa shape index (κ3) is 6.37. The summed E-state index contributed by atoms with van der Waals surface area (Å²) in [5.41, 5.74) is -0.0190. The van der Waals surface area contributed by atoms with Crippen molar-refractivity contribution in [2.45, 2.75) is 45.5 Å². The van der Waals surface area contributed by atoms with E-state index in [4.69, 9.17) is 4.74 Å². The number of fused-ring (bicyclic) bond motifs is 1. The summed E-state index contributed by atoms with van der Waals surface area (Å²) in [6, 6.07) is 18.6. The van der Waals surface area contributed by atoms with E-state index >= 15 is 0 Å². The number of nitrogens with zero attached hydrogens (tertiary/aromatic N) is 1. The van der Waals surface area contributed by atoms with Crippen molar-refractivity contribution in [2.24, 2.45) is 0 Å². The molecular weight excluding hydrogens is 427 g/mol. The van der Waals surface area contributed by atoms with Crippen molar-refractivity contribution in [1.29, 1.82) is 0 Å². The smallest absolute Gasteiger partial charge is 0.416 e. The Morgan fingerprint density at radius 2 is 1.67 bits per heavy atom. The number of carbonyl (C=O) groups excluding carboxylic acids is 1. The summed E-state index contributed by atoms with van der Waals surface area (Å²) in [5, 5.41) is 2.09.